The molecule has 0 fully saturated rings. The molecular weight excluding hydrogens is 647 g/mol. The summed E-state index contributed by atoms with van der Waals surface area (Å²) in [5.41, 5.74) is 10.7. The predicted molar refractivity (Wildman–Crippen MR) is 166 cm³/mol. The highest BCUT2D eigenvalue weighted by Gasteiger charge is 2.30. The lowest BCUT2D eigenvalue weighted by molar-refractivity contribution is 0.650. The van der Waals surface area contributed by atoms with Gasteiger partial charge in [-0.25, -0.2) is 0 Å². The third kappa shape index (κ3) is 4.45. The van der Waals surface area contributed by atoms with Crippen LogP contribution in [0.15, 0.2) is 81.7 Å². The zero-order valence-corrected chi connectivity index (χ0v) is 25.2. The van der Waals surface area contributed by atoms with Gasteiger partial charge in [-0.15, -0.1) is 0 Å². The zero-order chi connectivity index (χ0) is 26.0. The molecule has 38 heavy (non-hydrogen) atoms. The van der Waals surface area contributed by atoms with Gasteiger partial charge < -0.3 is 19.6 Å². The van der Waals surface area contributed by atoms with Crippen LogP contribution in [-0.2, 0) is 26.2 Å². The smallest absolute Gasteiger partial charge is 0.0910 e. The Balaban J connectivity index is 0.000000127. The summed E-state index contributed by atoms with van der Waals surface area (Å²) in [4.78, 5) is 9.63. The molecule has 4 aromatic rings. The van der Waals surface area contributed by atoms with E-state index in [1.807, 2.05) is 12.1 Å². The molecule has 0 unspecified atom stereocenters. The molecule has 0 aromatic heterocycles. The fourth-order valence-electron chi connectivity index (χ4n) is 6.04. The van der Waals surface area contributed by atoms with Gasteiger partial charge in [-0.3, -0.25) is 0 Å². The van der Waals surface area contributed by atoms with Crippen molar-refractivity contribution < 1.29 is 0 Å². The number of hydrogen-bond acceptors (Lipinski definition) is 4. The SMILES string of the molecule is Brc1ccc2c(c1)CN1CN2Cc2cc(Br)ccc21.Clc1ccc2c(c1)CN1CN2Cc2cc(Cl)ccc21. The van der Waals surface area contributed by atoms with E-state index in [-0.39, 0.29) is 0 Å². The number of benzene rings is 4. The van der Waals surface area contributed by atoms with Crippen molar-refractivity contribution in [2.24, 2.45) is 0 Å². The quantitative estimate of drug-likeness (QED) is 0.185. The largest absolute Gasteiger partial charge is 0.349 e. The van der Waals surface area contributed by atoms with Crippen LogP contribution in [0.2, 0.25) is 10.0 Å². The van der Waals surface area contributed by atoms with Gasteiger partial charge in [-0.2, -0.15) is 0 Å². The van der Waals surface area contributed by atoms with E-state index in [4.69, 9.17) is 23.2 Å². The van der Waals surface area contributed by atoms with Crippen LogP contribution in [0.5, 0.6) is 0 Å². The molecule has 0 saturated heterocycles. The molecule has 0 aliphatic carbocycles. The van der Waals surface area contributed by atoms with E-state index in [1.54, 1.807) is 0 Å². The summed E-state index contributed by atoms with van der Waals surface area (Å²) >= 11 is 19.3. The van der Waals surface area contributed by atoms with Crippen molar-refractivity contribution in [2.45, 2.75) is 26.2 Å². The zero-order valence-electron chi connectivity index (χ0n) is 20.5. The molecule has 192 valence electrons. The first kappa shape index (κ1) is 24.6. The summed E-state index contributed by atoms with van der Waals surface area (Å²) in [6, 6.07) is 25.5. The molecule has 8 heteroatoms. The van der Waals surface area contributed by atoms with Crippen LogP contribution in [0, 0.1) is 0 Å². The Kier molecular flexibility index (Phi) is 6.27. The first-order chi connectivity index (χ1) is 18.4. The summed E-state index contributed by atoms with van der Waals surface area (Å²) in [6.07, 6.45) is 0. The highest BCUT2D eigenvalue weighted by atomic mass is 79.9. The van der Waals surface area contributed by atoms with Crippen LogP contribution >= 0.6 is 55.1 Å². The van der Waals surface area contributed by atoms with Crippen LogP contribution in [0.25, 0.3) is 0 Å². The highest BCUT2D eigenvalue weighted by Crippen LogP contribution is 2.41. The molecule has 4 aliphatic rings. The van der Waals surface area contributed by atoms with E-state index in [1.165, 1.54) is 45.0 Å². The van der Waals surface area contributed by atoms with Crippen LogP contribution in [-0.4, -0.2) is 13.3 Å². The van der Waals surface area contributed by atoms with Crippen molar-refractivity contribution in [3.63, 3.8) is 0 Å². The van der Waals surface area contributed by atoms with Gasteiger partial charge in [0.15, 0.2) is 0 Å². The summed E-state index contributed by atoms with van der Waals surface area (Å²) in [6.45, 7) is 5.70. The molecule has 4 aromatic carbocycles. The molecule has 0 saturated carbocycles. The van der Waals surface area contributed by atoms with Gasteiger partial charge in [0.05, 0.1) is 13.3 Å². The minimum Gasteiger partial charge on any atom is -0.349 e. The number of rotatable bonds is 0. The molecule has 0 N–H and O–H groups in total. The average Bonchev–Trinajstić information content (AvgIpc) is 2.88. The maximum absolute atomic E-state index is 6.10. The van der Waals surface area contributed by atoms with Gasteiger partial charge in [0.25, 0.3) is 0 Å². The average molecular weight is 671 g/mol. The number of fused-ring (bicyclic) bond motifs is 12. The topological polar surface area (TPSA) is 13.0 Å². The van der Waals surface area contributed by atoms with Crippen LogP contribution in [0.4, 0.5) is 22.7 Å². The van der Waals surface area contributed by atoms with Gasteiger partial charge in [0.1, 0.15) is 0 Å². The van der Waals surface area contributed by atoms with Crippen molar-refractivity contribution >= 4 is 77.8 Å². The molecule has 0 radical (unpaired) electrons. The second-order valence-electron chi connectivity index (χ2n) is 10.2. The predicted octanol–water partition coefficient (Wildman–Crippen LogP) is 8.80. The number of hydrogen-bond donors (Lipinski definition) is 0. The van der Waals surface area contributed by atoms with E-state index >= 15 is 0 Å². The summed E-state index contributed by atoms with van der Waals surface area (Å²) < 4.78 is 2.31. The number of halogens is 4. The second kappa shape index (κ2) is 9.67. The fourth-order valence-corrected chi connectivity index (χ4v) is 7.24. The van der Waals surface area contributed by atoms with Crippen molar-refractivity contribution in [1.82, 2.24) is 0 Å². The Labute approximate surface area is 249 Å². The van der Waals surface area contributed by atoms with Crippen molar-refractivity contribution in [2.75, 3.05) is 32.9 Å². The summed E-state index contributed by atoms with van der Waals surface area (Å²) in [5, 5.41) is 1.61. The van der Waals surface area contributed by atoms with Gasteiger partial charge in [0.2, 0.25) is 0 Å². The van der Waals surface area contributed by atoms with Crippen molar-refractivity contribution in [3.8, 4) is 0 Å². The second-order valence-corrected chi connectivity index (χ2v) is 12.9. The normalized spacial score (nSPS) is 16.1. The van der Waals surface area contributed by atoms with E-state index in [0.717, 1.165) is 58.5 Å². The Morgan fingerprint density at radius 2 is 0.763 bits per heavy atom. The minimum absolute atomic E-state index is 0.803. The standard InChI is InChI=1S/C15H12Br2N2.C15H12Cl2N2/c2*16-12-1-3-14-10(5-12)7-19-9-18(14)8-11-6-13(17)2-4-15(11)19/h2*1-6H,7-9H2. The molecule has 4 heterocycles. The molecule has 0 amide bonds. The van der Waals surface area contributed by atoms with Gasteiger partial charge in [-0.1, -0.05) is 55.1 Å². The maximum atomic E-state index is 6.10. The summed E-state index contributed by atoms with van der Waals surface area (Å²) in [5.74, 6) is 0. The Morgan fingerprint density at radius 3 is 1.13 bits per heavy atom. The van der Waals surface area contributed by atoms with E-state index in [0.29, 0.717) is 0 Å². The molecule has 4 bridgehead atoms. The number of nitrogens with zero attached hydrogens (tertiary/aromatic N) is 4. The maximum Gasteiger partial charge on any atom is 0.0910 e. The lowest BCUT2D eigenvalue weighted by Crippen LogP contribution is -2.46. The van der Waals surface area contributed by atoms with Crippen LogP contribution in [0.3, 0.4) is 0 Å². The van der Waals surface area contributed by atoms with Gasteiger partial charge >= 0.3 is 0 Å². The van der Waals surface area contributed by atoms with E-state index in [2.05, 4.69) is 112 Å². The Morgan fingerprint density at radius 1 is 0.447 bits per heavy atom. The number of anilines is 4. The van der Waals surface area contributed by atoms with Crippen LogP contribution in [0.1, 0.15) is 22.3 Å². The van der Waals surface area contributed by atoms with Crippen molar-refractivity contribution in [3.05, 3.63) is 114 Å². The molecule has 0 spiro atoms. The highest BCUT2D eigenvalue weighted by molar-refractivity contribution is 9.10. The fraction of sp³-hybridized carbons (Fsp3) is 0.200. The van der Waals surface area contributed by atoms with E-state index < -0.39 is 0 Å². The van der Waals surface area contributed by atoms with Gasteiger partial charge in [0, 0.05) is 67.9 Å². The Hall–Kier alpha value is -2.38. The molecular formula is C30H24Br2Cl2N4. The third-order valence-corrected chi connectivity index (χ3v) is 9.11. The first-order valence-corrected chi connectivity index (χ1v) is 14.9. The molecule has 8 rings (SSSR count). The van der Waals surface area contributed by atoms with Gasteiger partial charge in [-0.05, 0) is 95.1 Å². The lowest BCUT2D eigenvalue weighted by Gasteiger charge is -2.44. The monoisotopic (exact) mass is 668 g/mol. The first-order valence-electron chi connectivity index (χ1n) is 12.5. The minimum atomic E-state index is 0.803. The Bertz CT molecular complexity index is 1340. The summed E-state index contributed by atoms with van der Waals surface area (Å²) in [7, 11) is 0. The van der Waals surface area contributed by atoms with Crippen LogP contribution < -0.4 is 19.6 Å². The van der Waals surface area contributed by atoms with E-state index in [9.17, 15) is 0 Å². The molecule has 4 aliphatic heterocycles. The lowest BCUT2D eigenvalue weighted by atomic mass is 10.0. The van der Waals surface area contributed by atoms with Crippen molar-refractivity contribution in [1.29, 1.82) is 0 Å². The molecule has 0 atom stereocenters. The third-order valence-electron chi connectivity index (χ3n) is 7.66. The molecule has 4 nitrogen and oxygen atoms in total.